The zero-order chi connectivity index (χ0) is 18.4. The van der Waals surface area contributed by atoms with E-state index in [0.717, 1.165) is 16.8 Å². The molecule has 1 atom stereocenters. The van der Waals surface area contributed by atoms with Crippen molar-refractivity contribution in [2.24, 2.45) is 0 Å². The summed E-state index contributed by atoms with van der Waals surface area (Å²) in [5.74, 6) is 0.287. The van der Waals surface area contributed by atoms with Gasteiger partial charge in [0.1, 0.15) is 11.4 Å². The maximum atomic E-state index is 12.4. The van der Waals surface area contributed by atoms with Gasteiger partial charge in [0.05, 0.1) is 6.04 Å². The van der Waals surface area contributed by atoms with Crippen LogP contribution in [0.2, 0.25) is 0 Å². The lowest BCUT2D eigenvalue weighted by molar-refractivity contribution is -0.122. The number of aromatic amines is 1. The molecule has 0 spiro atoms. The summed E-state index contributed by atoms with van der Waals surface area (Å²) in [6, 6.07) is 9.12. The number of H-pyrrole nitrogens is 1. The Morgan fingerprint density at radius 1 is 1.24 bits per heavy atom. The van der Waals surface area contributed by atoms with E-state index in [0.29, 0.717) is 18.0 Å². The van der Waals surface area contributed by atoms with E-state index >= 15 is 0 Å². The lowest BCUT2D eigenvalue weighted by Gasteiger charge is -2.15. The molecule has 0 radical (unpaired) electrons. The van der Waals surface area contributed by atoms with Gasteiger partial charge in [-0.3, -0.25) is 9.59 Å². The summed E-state index contributed by atoms with van der Waals surface area (Å²) in [4.78, 5) is 27.0. The van der Waals surface area contributed by atoms with Gasteiger partial charge in [0, 0.05) is 12.2 Å². The van der Waals surface area contributed by atoms with E-state index < -0.39 is 0 Å². The van der Waals surface area contributed by atoms with Gasteiger partial charge in [-0.1, -0.05) is 12.1 Å². The van der Waals surface area contributed by atoms with Crippen molar-refractivity contribution in [3.05, 3.63) is 52.8 Å². The van der Waals surface area contributed by atoms with Crippen molar-refractivity contribution < 1.29 is 14.3 Å². The molecule has 0 unspecified atom stereocenters. The normalized spacial score (nSPS) is 11.7. The van der Waals surface area contributed by atoms with Gasteiger partial charge >= 0.3 is 0 Å². The summed E-state index contributed by atoms with van der Waals surface area (Å²) >= 11 is 0. The Morgan fingerprint density at radius 3 is 2.64 bits per heavy atom. The molecule has 134 valence electrons. The van der Waals surface area contributed by atoms with E-state index in [1.54, 1.807) is 6.07 Å². The van der Waals surface area contributed by atoms with Crippen LogP contribution in [0.5, 0.6) is 5.75 Å². The number of hydrogen-bond acceptors (Lipinski definition) is 3. The Kier molecular flexibility index (Phi) is 6.22. The third-order valence-electron chi connectivity index (χ3n) is 3.83. The van der Waals surface area contributed by atoms with E-state index in [4.69, 9.17) is 4.74 Å². The van der Waals surface area contributed by atoms with Crippen LogP contribution in [0.4, 0.5) is 0 Å². The summed E-state index contributed by atoms with van der Waals surface area (Å²) in [6.45, 7) is 8.13. The van der Waals surface area contributed by atoms with Crippen LogP contribution in [0, 0.1) is 13.8 Å². The topological polar surface area (TPSA) is 83.2 Å². The van der Waals surface area contributed by atoms with Gasteiger partial charge in [0.2, 0.25) is 0 Å². The minimum atomic E-state index is -0.191. The second-order valence-electron chi connectivity index (χ2n) is 6.02. The number of likely N-dealkylation sites (N-methyl/N-ethyl adjacent to an activating group) is 1. The number of ether oxygens (including phenoxy) is 1. The molecular formula is C19H25N3O3. The van der Waals surface area contributed by atoms with E-state index in [1.165, 1.54) is 0 Å². The Hall–Kier alpha value is -2.76. The molecule has 1 aromatic heterocycles. The first-order valence-electron chi connectivity index (χ1n) is 8.37. The molecule has 0 saturated carbocycles. The van der Waals surface area contributed by atoms with Crippen LogP contribution in [0.15, 0.2) is 30.3 Å². The van der Waals surface area contributed by atoms with Crippen LogP contribution in [0.1, 0.15) is 47.2 Å². The highest BCUT2D eigenvalue weighted by molar-refractivity contribution is 5.94. The van der Waals surface area contributed by atoms with Crippen LogP contribution < -0.4 is 15.4 Å². The summed E-state index contributed by atoms with van der Waals surface area (Å²) < 4.78 is 5.49. The second-order valence-corrected chi connectivity index (χ2v) is 6.02. The van der Waals surface area contributed by atoms with Gasteiger partial charge in [-0.15, -0.1) is 0 Å². The minimum absolute atomic E-state index is 0.0288. The third-order valence-corrected chi connectivity index (χ3v) is 3.83. The molecule has 0 bridgehead atoms. The highest BCUT2D eigenvalue weighted by Crippen LogP contribution is 2.20. The molecule has 1 aromatic carbocycles. The van der Waals surface area contributed by atoms with Crippen molar-refractivity contribution in [3.63, 3.8) is 0 Å². The lowest BCUT2D eigenvalue weighted by Crippen LogP contribution is -2.28. The van der Waals surface area contributed by atoms with E-state index in [2.05, 4.69) is 15.6 Å². The number of aromatic nitrogens is 1. The fourth-order valence-corrected chi connectivity index (χ4v) is 2.59. The number of carbonyl (C=O) groups excluding carboxylic acids is 2. The molecule has 2 amide bonds. The number of nitrogens with one attached hydrogen (secondary N) is 3. The van der Waals surface area contributed by atoms with Crippen molar-refractivity contribution >= 4 is 11.8 Å². The first-order valence-corrected chi connectivity index (χ1v) is 8.37. The summed E-state index contributed by atoms with van der Waals surface area (Å²) in [7, 11) is 0. The molecule has 3 N–H and O–H groups in total. The lowest BCUT2D eigenvalue weighted by atomic mass is 10.1. The summed E-state index contributed by atoms with van der Waals surface area (Å²) in [5, 5.41) is 5.65. The smallest absolute Gasteiger partial charge is 0.268 e. The molecule has 6 heteroatoms. The Bertz CT molecular complexity index is 752. The first kappa shape index (κ1) is 18.6. The van der Waals surface area contributed by atoms with Gasteiger partial charge in [-0.2, -0.15) is 0 Å². The van der Waals surface area contributed by atoms with E-state index in [-0.39, 0.29) is 24.5 Å². The zero-order valence-electron chi connectivity index (χ0n) is 15.1. The van der Waals surface area contributed by atoms with E-state index in [9.17, 15) is 9.59 Å². The molecular weight excluding hydrogens is 318 g/mol. The number of hydrogen-bond donors (Lipinski definition) is 3. The number of carbonyl (C=O) groups is 2. The minimum Gasteiger partial charge on any atom is -0.484 e. The molecule has 2 aromatic rings. The Morgan fingerprint density at radius 2 is 2.00 bits per heavy atom. The van der Waals surface area contributed by atoms with Crippen molar-refractivity contribution in [1.29, 1.82) is 0 Å². The first-order chi connectivity index (χ1) is 11.9. The average molecular weight is 343 g/mol. The van der Waals surface area contributed by atoms with Crippen LogP contribution >= 0.6 is 0 Å². The van der Waals surface area contributed by atoms with E-state index in [1.807, 2.05) is 52.0 Å². The van der Waals surface area contributed by atoms with Gasteiger partial charge in [-0.05, 0) is 57.0 Å². The molecule has 0 aliphatic carbocycles. The van der Waals surface area contributed by atoms with Crippen LogP contribution in [0.3, 0.4) is 0 Å². The van der Waals surface area contributed by atoms with Gasteiger partial charge in [0.15, 0.2) is 6.61 Å². The third kappa shape index (κ3) is 5.11. The fourth-order valence-electron chi connectivity index (χ4n) is 2.59. The van der Waals surface area contributed by atoms with Crippen LogP contribution in [0.25, 0.3) is 0 Å². The van der Waals surface area contributed by atoms with Gasteiger partial charge < -0.3 is 20.4 Å². The molecule has 0 saturated heterocycles. The van der Waals surface area contributed by atoms with Crippen molar-refractivity contribution in [3.8, 4) is 5.75 Å². The SMILES string of the molecule is CCNC(=O)COc1cccc([C@H](C)NC(=O)c2[nH]c(C)cc2C)c1. The zero-order valence-corrected chi connectivity index (χ0v) is 15.1. The summed E-state index contributed by atoms with van der Waals surface area (Å²) in [5.41, 5.74) is 3.35. The number of aryl methyl sites for hydroxylation is 2. The summed E-state index contributed by atoms with van der Waals surface area (Å²) in [6.07, 6.45) is 0. The predicted octanol–water partition coefficient (Wildman–Crippen LogP) is 2.64. The average Bonchev–Trinajstić information content (AvgIpc) is 2.92. The quantitative estimate of drug-likeness (QED) is 0.723. The van der Waals surface area contributed by atoms with Gasteiger partial charge in [0.25, 0.3) is 11.8 Å². The van der Waals surface area contributed by atoms with Crippen molar-refractivity contribution in [1.82, 2.24) is 15.6 Å². The Balaban J connectivity index is 2.00. The monoisotopic (exact) mass is 343 g/mol. The number of benzene rings is 1. The molecule has 0 aliphatic heterocycles. The molecule has 6 nitrogen and oxygen atoms in total. The fraction of sp³-hybridized carbons (Fsp3) is 0.368. The molecule has 2 rings (SSSR count). The second kappa shape index (κ2) is 8.37. The molecule has 1 heterocycles. The van der Waals surface area contributed by atoms with Gasteiger partial charge in [-0.25, -0.2) is 0 Å². The predicted molar refractivity (Wildman–Crippen MR) is 96.8 cm³/mol. The maximum absolute atomic E-state index is 12.4. The maximum Gasteiger partial charge on any atom is 0.268 e. The van der Waals surface area contributed by atoms with Crippen LogP contribution in [-0.4, -0.2) is 29.9 Å². The Labute approximate surface area is 148 Å². The largest absolute Gasteiger partial charge is 0.484 e. The molecule has 25 heavy (non-hydrogen) atoms. The number of rotatable bonds is 7. The standard InChI is InChI=1S/C19H25N3O3/c1-5-20-17(23)11-25-16-8-6-7-15(10-16)14(4)22-19(24)18-12(2)9-13(3)21-18/h6-10,14,21H,5,11H2,1-4H3,(H,20,23)(H,22,24)/t14-/m0/s1. The van der Waals surface area contributed by atoms with Crippen LogP contribution in [-0.2, 0) is 4.79 Å². The number of amides is 2. The highest BCUT2D eigenvalue weighted by atomic mass is 16.5. The van der Waals surface area contributed by atoms with Crippen molar-refractivity contribution in [2.45, 2.75) is 33.7 Å². The molecule has 0 aliphatic rings. The van der Waals surface area contributed by atoms with Crippen molar-refractivity contribution in [2.75, 3.05) is 13.2 Å². The molecule has 0 fully saturated rings. The highest BCUT2D eigenvalue weighted by Gasteiger charge is 2.15.